The summed E-state index contributed by atoms with van der Waals surface area (Å²) in [6, 6.07) is 3.99. The van der Waals surface area contributed by atoms with Gasteiger partial charge in [0.1, 0.15) is 16.5 Å². The third-order valence-electron chi connectivity index (χ3n) is 5.85. The lowest BCUT2D eigenvalue weighted by molar-refractivity contribution is -0.157. The van der Waals surface area contributed by atoms with E-state index in [9.17, 15) is 13.2 Å². The number of likely N-dealkylation sites (tertiary alicyclic amines) is 1. The number of aromatic amines is 1. The molecule has 2 aliphatic rings. The lowest BCUT2D eigenvalue weighted by atomic mass is 9.90. The minimum atomic E-state index is -3.34. The van der Waals surface area contributed by atoms with Crippen molar-refractivity contribution in [3.63, 3.8) is 0 Å². The van der Waals surface area contributed by atoms with Crippen LogP contribution in [0.5, 0.6) is 0 Å². The minimum absolute atomic E-state index is 0.139. The zero-order valence-corrected chi connectivity index (χ0v) is 18.6. The Labute approximate surface area is 177 Å². The summed E-state index contributed by atoms with van der Waals surface area (Å²) in [6.45, 7) is 7.44. The van der Waals surface area contributed by atoms with E-state index in [1.54, 1.807) is 10.5 Å². The lowest BCUT2D eigenvalue weighted by Crippen LogP contribution is -2.60. The number of nitrogens with zero attached hydrogens (tertiary/aromatic N) is 3. The standard InChI is InChI=1S/C21H30N4O4S/c1-21(2,3)29-19(26)14-24-12-16(13-24)30(27,28)25-9-6-15(7-10-25)18-11-23-20-17(18)5-4-8-22-20/h4-5,8,11,15-16H,6-7,9-10,12-14H2,1-3H3,(H,22,23). The average molecular weight is 435 g/mol. The highest BCUT2D eigenvalue weighted by molar-refractivity contribution is 7.89. The van der Waals surface area contributed by atoms with Crippen molar-refractivity contribution in [2.24, 2.45) is 0 Å². The van der Waals surface area contributed by atoms with Crippen molar-refractivity contribution in [3.05, 3.63) is 30.1 Å². The Bertz CT molecular complexity index is 1010. The molecule has 2 aromatic heterocycles. The molecule has 0 radical (unpaired) electrons. The third kappa shape index (κ3) is 4.38. The van der Waals surface area contributed by atoms with Crippen LogP contribution in [0.2, 0.25) is 0 Å². The Morgan fingerprint density at radius 1 is 1.27 bits per heavy atom. The molecule has 0 aliphatic carbocycles. The van der Waals surface area contributed by atoms with Crippen LogP contribution in [0.15, 0.2) is 24.5 Å². The molecular weight excluding hydrogens is 404 g/mol. The molecule has 164 valence electrons. The van der Waals surface area contributed by atoms with Crippen LogP contribution in [-0.4, -0.2) is 77.1 Å². The maximum absolute atomic E-state index is 13.0. The second-order valence-electron chi connectivity index (χ2n) is 9.26. The van der Waals surface area contributed by atoms with Crippen molar-refractivity contribution in [1.82, 2.24) is 19.2 Å². The fraction of sp³-hybridized carbons (Fsp3) is 0.619. The monoisotopic (exact) mass is 434 g/mol. The van der Waals surface area contributed by atoms with E-state index in [1.165, 1.54) is 5.56 Å². The van der Waals surface area contributed by atoms with E-state index in [4.69, 9.17) is 4.74 Å². The highest BCUT2D eigenvalue weighted by atomic mass is 32.2. The second kappa shape index (κ2) is 7.94. The van der Waals surface area contributed by atoms with Gasteiger partial charge in [0.25, 0.3) is 0 Å². The fourth-order valence-electron chi connectivity index (χ4n) is 4.34. The predicted molar refractivity (Wildman–Crippen MR) is 115 cm³/mol. The summed E-state index contributed by atoms with van der Waals surface area (Å²) >= 11 is 0. The molecule has 30 heavy (non-hydrogen) atoms. The first-order valence-electron chi connectivity index (χ1n) is 10.5. The molecule has 0 amide bonds. The number of aromatic nitrogens is 2. The number of sulfonamides is 1. The van der Waals surface area contributed by atoms with Crippen LogP contribution >= 0.6 is 0 Å². The van der Waals surface area contributed by atoms with Crippen LogP contribution in [0.3, 0.4) is 0 Å². The molecule has 0 aromatic carbocycles. The van der Waals surface area contributed by atoms with E-state index >= 15 is 0 Å². The zero-order valence-electron chi connectivity index (χ0n) is 17.8. The number of nitrogens with one attached hydrogen (secondary N) is 1. The zero-order chi connectivity index (χ0) is 21.5. The molecule has 9 heteroatoms. The first kappa shape index (κ1) is 21.3. The number of esters is 1. The van der Waals surface area contributed by atoms with Crippen LogP contribution < -0.4 is 0 Å². The molecule has 2 aromatic rings. The number of fused-ring (bicyclic) bond motifs is 1. The van der Waals surface area contributed by atoms with Gasteiger partial charge in [-0.05, 0) is 57.2 Å². The van der Waals surface area contributed by atoms with Gasteiger partial charge in [0.05, 0.1) is 6.54 Å². The Balaban J connectivity index is 1.30. The average Bonchev–Trinajstić information content (AvgIpc) is 3.07. The molecule has 4 heterocycles. The van der Waals surface area contributed by atoms with E-state index in [2.05, 4.69) is 16.0 Å². The SMILES string of the molecule is CC(C)(C)OC(=O)CN1CC(S(=O)(=O)N2CCC(c3c[nH]c4ncccc34)CC2)C1. The number of rotatable bonds is 5. The fourth-order valence-corrected chi connectivity index (χ4v) is 6.28. The molecule has 0 unspecified atom stereocenters. The number of H-pyrrole nitrogens is 1. The van der Waals surface area contributed by atoms with E-state index in [-0.39, 0.29) is 12.5 Å². The van der Waals surface area contributed by atoms with Gasteiger partial charge in [0.15, 0.2) is 0 Å². The van der Waals surface area contributed by atoms with Crippen molar-refractivity contribution >= 4 is 27.0 Å². The Hall–Kier alpha value is -1.97. The van der Waals surface area contributed by atoms with Crippen LogP contribution in [0.4, 0.5) is 0 Å². The number of piperidine rings is 1. The van der Waals surface area contributed by atoms with E-state index in [1.807, 2.05) is 37.9 Å². The summed E-state index contributed by atoms with van der Waals surface area (Å²) < 4.78 is 32.9. The number of hydrogen-bond donors (Lipinski definition) is 1. The van der Waals surface area contributed by atoms with E-state index in [0.717, 1.165) is 23.9 Å². The largest absolute Gasteiger partial charge is 0.459 e. The molecule has 1 N–H and O–H groups in total. The lowest BCUT2D eigenvalue weighted by Gasteiger charge is -2.42. The van der Waals surface area contributed by atoms with Crippen molar-refractivity contribution < 1.29 is 17.9 Å². The van der Waals surface area contributed by atoms with Crippen LogP contribution in [0, 0.1) is 0 Å². The normalized spacial score (nSPS) is 20.4. The number of hydrogen-bond acceptors (Lipinski definition) is 6. The summed E-state index contributed by atoms with van der Waals surface area (Å²) in [5.74, 6) is 0.0202. The number of ether oxygens (including phenoxy) is 1. The molecular formula is C21H30N4O4S. The van der Waals surface area contributed by atoms with Gasteiger partial charge >= 0.3 is 5.97 Å². The smallest absolute Gasteiger partial charge is 0.320 e. The Morgan fingerprint density at radius 2 is 1.97 bits per heavy atom. The number of carbonyl (C=O) groups is 1. The van der Waals surface area contributed by atoms with Crippen molar-refractivity contribution in [3.8, 4) is 0 Å². The van der Waals surface area contributed by atoms with Gasteiger partial charge in [-0.2, -0.15) is 0 Å². The van der Waals surface area contributed by atoms with Gasteiger partial charge in [-0.3, -0.25) is 9.69 Å². The summed E-state index contributed by atoms with van der Waals surface area (Å²) in [4.78, 5) is 21.3. The summed E-state index contributed by atoms with van der Waals surface area (Å²) in [6.07, 6.45) is 5.38. The molecule has 0 spiro atoms. The van der Waals surface area contributed by atoms with E-state index in [0.29, 0.717) is 32.1 Å². The van der Waals surface area contributed by atoms with Crippen molar-refractivity contribution in [1.29, 1.82) is 0 Å². The van der Waals surface area contributed by atoms with Crippen molar-refractivity contribution in [2.75, 3.05) is 32.7 Å². The molecule has 4 rings (SSSR count). The number of pyridine rings is 1. The second-order valence-corrected chi connectivity index (χ2v) is 11.5. The molecule has 2 fully saturated rings. The van der Waals surface area contributed by atoms with Gasteiger partial charge in [-0.25, -0.2) is 17.7 Å². The predicted octanol–water partition coefficient (Wildman–Crippen LogP) is 2.10. The van der Waals surface area contributed by atoms with Gasteiger partial charge < -0.3 is 9.72 Å². The van der Waals surface area contributed by atoms with Crippen LogP contribution in [-0.2, 0) is 19.6 Å². The van der Waals surface area contributed by atoms with E-state index < -0.39 is 20.9 Å². The molecule has 0 atom stereocenters. The molecule has 2 saturated heterocycles. The van der Waals surface area contributed by atoms with Gasteiger partial charge in [0.2, 0.25) is 10.0 Å². The van der Waals surface area contributed by atoms with Crippen molar-refractivity contribution in [2.45, 2.75) is 50.4 Å². The quantitative estimate of drug-likeness (QED) is 0.724. The van der Waals surface area contributed by atoms with Crippen LogP contribution in [0.1, 0.15) is 45.1 Å². The first-order valence-corrected chi connectivity index (χ1v) is 12.0. The summed E-state index contributed by atoms with van der Waals surface area (Å²) in [5, 5.41) is 0.685. The maximum atomic E-state index is 13.0. The van der Waals surface area contributed by atoms with Gasteiger partial charge in [-0.1, -0.05) is 0 Å². The molecule has 2 aliphatic heterocycles. The first-order chi connectivity index (χ1) is 14.1. The number of carbonyl (C=O) groups excluding carboxylic acids is 1. The van der Waals surface area contributed by atoms with Crippen LogP contribution in [0.25, 0.3) is 11.0 Å². The summed E-state index contributed by atoms with van der Waals surface area (Å²) in [7, 11) is -3.34. The molecule has 0 bridgehead atoms. The third-order valence-corrected chi connectivity index (χ3v) is 8.08. The Kier molecular flexibility index (Phi) is 5.63. The van der Waals surface area contributed by atoms with Gasteiger partial charge in [0, 0.05) is 44.0 Å². The maximum Gasteiger partial charge on any atom is 0.320 e. The summed E-state index contributed by atoms with van der Waals surface area (Å²) in [5.41, 5.74) is 1.57. The highest BCUT2D eigenvalue weighted by Gasteiger charge is 2.42. The molecule has 0 saturated carbocycles. The molecule has 8 nitrogen and oxygen atoms in total. The minimum Gasteiger partial charge on any atom is -0.459 e. The topological polar surface area (TPSA) is 95.6 Å². The van der Waals surface area contributed by atoms with Gasteiger partial charge in [-0.15, -0.1) is 0 Å². The highest BCUT2D eigenvalue weighted by Crippen LogP contribution is 2.34. The Morgan fingerprint density at radius 3 is 2.63 bits per heavy atom.